The third-order valence-corrected chi connectivity index (χ3v) is 3.50. The van der Waals surface area contributed by atoms with Crippen molar-refractivity contribution in [2.24, 2.45) is 17.6 Å². The molecule has 2 atom stereocenters. The highest BCUT2D eigenvalue weighted by Crippen LogP contribution is 2.23. The lowest BCUT2D eigenvalue weighted by Gasteiger charge is -2.24. The van der Waals surface area contributed by atoms with Crippen LogP contribution >= 0.6 is 0 Å². The van der Waals surface area contributed by atoms with Crippen LogP contribution in [0.15, 0.2) is 24.3 Å². The lowest BCUT2D eigenvalue weighted by molar-refractivity contribution is 0.434. The van der Waals surface area contributed by atoms with E-state index in [1.165, 1.54) is 11.1 Å². The molecule has 0 spiro atoms. The Labute approximate surface area is 106 Å². The van der Waals surface area contributed by atoms with Crippen LogP contribution in [0.3, 0.4) is 0 Å². The van der Waals surface area contributed by atoms with E-state index in [9.17, 15) is 0 Å². The second kappa shape index (κ2) is 6.20. The summed E-state index contributed by atoms with van der Waals surface area (Å²) >= 11 is 0. The Morgan fingerprint density at radius 2 is 1.47 bits per heavy atom. The van der Waals surface area contributed by atoms with Gasteiger partial charge in [-0.15, -0.1) is 0 Å². The Hall–Kier alpha value is -0.820. The van der Waals surface area contributed by atoms with Gasteiger partial charge in [-0.25, -0.2) is 0 Å². The Balaban J connectivity index is 2.73. The predicted molar refractivity (Wildman–Crippen MR) is 76.2 cm³/mol. The lowest BCUT2D eigenvalue weighted by Crippen LogP contribution is -2.32. The van der Waals surface area contributed by atoms with Crippen LogP contribution in [0, 0.1) is 11.8 Å². The van der Waals surface area contributed by atoms with E-state index in [0.717, 1.165) is 12.3 Å². The molecule has 0 fully saturated rings. The summed E-state index contributed by atoms with van der Waals surface area (Å²) < 4.78 is 0. The highest BCUT2D eigenvalue weighted by Gasteiger charge is 2.17. The van der Waals surface area contributed by atoms with Crippen molar-refractivity contribution < 1.29 is 0 Å². The Bertz CT molecular complexity index is 324. The van der Waals surface area contributed by atoms with Gasteiger partial charge in [0, 0.05) is 6.04 Å². The van der Waals surface area contributed by atoms with E-state index < -0.39 is 0 Å². The van der Waals surface area contributed by atoms with Gasteiger partial charge in [-0.05, 0) is 35.3 Å². The smallest absolute Gasteiger partial charge is 0.0128 e. The van der Waals surface area contributed by atoms with Gasteiger partial charge in [0.15, 0.2) is 0 Å². The molecule has 0 aliphatic rings. The Morgan fingerprint density at radius 3 is 1.88 bits per heavy atom. The molecule has 1 aromatic carbocycles. The fourth-order valence-corrected chi connectivity index (χ4v) is 2.23. The zero-order chi connectivity index (χ0) is 13.0. The van der Waals surface area contributed by atoms with E-state index in [1.54, 1.807) is 0 Å². The van der Waals surface area contributed by atoms with Crippen molar-refractivity contribution in [2.75, 3.05) is 0 Å². The molecule has 17 heavy (non-hydrogen) atoms. The van der Waals surface area contributed by atoms with Crippen LogP contribution in [0.2, 0.25) is 0 Å². The minimum absolute atomic E-state index is 0.242. The fourth-order valence-electron chi connectivity index (χ4n) is 2.23. The topological polar surface area (TPSA) is 26.0 Å². The molecule has 1 heteroatoms. The molecule has 0 amide bonds. The molecule has 96 valence electrons. The largest absolute Gasteiger partial charge is 0.327 e. The third-order valence-electron chi connectivity index (χ3n) is 3.50. The molecule has 0 radical (unpaired) electrons. The van der Waals surface area contributed by atoms with E-state index in [4.69, 9.17) is 5.73 Å². The van der Waals surface area contributed by atoms with Crippen molar-refractivity contribution in [1.82, 2.24) is 0 Å². The highest BCUT2D eigenvalue weighted by atomic mass is 14.7. The summed E-state index contributed by atoms with van der Waals surface area (Å²) in [6, 6.07) is 9.22. The summed E-state index contributed by atoms with van der Waals surface area (Å²) in [6.07, 6.45) is 1.16. The molecule has 0 aromatic heterocycles. The van der Waals surface area contributed by atoms with Gasteiger partial charge in [-0.2, -0.15) is 0 Å². The second-order valence-electron chi connectivity index (χ2n) is 5.95. The Kier molecular flexibility index (Phi) is 5.20. The standard InChI is InChI=1S/C16H27N/c1-11(2)10-14-6-8-15(9-7-14)13(5)16(17)12(3)4/h6-9,11-13,16H,10,17H2,1-5H3. The summed E-state index contributed by atoms with van der Waals surface area (Å²) in [5.74, 6) is 1.68. The van der Waals surface area contributed by atoms with Gasteiger partial charge in [0.25, 0.3) is 0 Å². The summed E-state index contributed by atoms with van der Waals surface area (Å²) in [6.45, 7) is 11.1. The van der Waals surface area contributed by atoms with Gasteiger partial charge in [0.2, 0.25) is 0 Å². The highest BCUT2D eigenvalue weighted by molar-refractivity contribution is 5.26. The average molecular weight is 233 g/mol. The first-order valence-corrected chi connectivity index (χ1v) is 6.76. The molecule has 1 rings (SSSR count). The van der Waals surface area contributed by atoms with E-state index in [1.807, 2.05) is 0 Å². The van der Waals surface area contributed by atoms with E-state index in [-0.39, 0.29) is 6.04 Å². The molecule has 0 bridgehead atoms. The van der Waals surface area contributed by atoms with Crippen LogP contribution in [0.5, 0.6) is 0 Å². The summed E-state index contributed by atoms with van der Waals surface area (Å²) in [4.78, 5) is 0. The zero-order valence-electron chi connectivity index (χ0n) is 11.9. The van der Waals surface area contributed by atoms with Gasteiger partial charge in [-0.3, -0.25) is 0 Å². The van der Waals surface area contributed by atoms with Gasteiger partial charge in [0.05, 0.1) is 0 Å². The molecule has 2 unspecified atom stereocenters. The molecule has 0 saturated heterocycles. The van der Waals surface area contributed by atoms with E-state index in [0.29, 0.717) is 11.8 Å². The monoisotopic (exact) mass is 233 g/mol. The van der Waals surface area contributed by atoms with Crippen LogP contribution in [0.1, 0.15) is 51.7 Å². The summed E-state index contributed by atoms with van der Waals surface area (Å²) in [5, 5.41) is 0. The summed E-state index contributed by atoms with van der Waals surface area (Å²) in [7, 11) is 0. The number of hydrogen-bond donors (Lipinski definition) is 1. The first-order valence-electron chi connectivity index (χ1n) is 6.76. The maximum atomic E-state index is 6.21. The molecular formula is C16H27N. The first kappa shape index (κ1) is 14.2. The van der Waals surface area contributed by atoms with Crippen molar-refractivity contribution in [3.8, 4) is 0 Å². The lowest BCUT2D eigenvalue weighted by atomic mass is 9.86. The molecule has 0 heterocycles. The van der Waals surface area contributed by atoms with E-state index >= 15 is 0 Å². The molecular weight excluding hydrogens is 206 g/mol. The van der Waals surface area contributed by atoms with Crippen LogP contribution < -0.4 is 5.73 Å². The Morgan fingerprint density at radius 1 is 0.941 bits per heavy atom. The average Bonchev–Trinajstić information content (AvgIpc) is 2.27. The van der Waals surface area contributed by atoms with Crippen LogP contribution in [-0.4, -0.2) is 6.04 Å². The molecule has 2 N–H and O–H groups in total. The molecule has 1 aromatic rings. The van der Waals surface area contributed by atoms with Crippen molar-refractivity contribution in [1.29, 1.82) is 0 Å². The van der Waals surface area contributed by atoms with E-state index in [2.05, 4.69) is 58.9 Å². The summed E-state index contributed by atoms with van der Waals surface area (Å²) in [5.41, 5.74) is 9.00. The van der Waals surface area contributed by atoms with Crippen molar-refractivity contribution >= 4 is 0 Å². The number of nitrogens with two attached hydrogens (primary N) is 1. The van der Waals surface area contributed by atoms with Gasteiger partial charge < -0.3 is 5.73 Å². The maximum Gasteiger partial charge on any atom is 0.0128 e. The third kappa shape index (κ3) is 4.16. The quantitative estimate of drug-likeness (QED) is 0.818. The van der Waals surface area contributed by atoms with Crippen LogP contribution in [0.25, 0.3) is 0 Å². The predicted octanol–water partition coefficient (Wildman–Crippen LogP) is 3.97. The minimum atomic E-state index is 0.242. The number of benzene rings is 1. The molecule has 1 nitrogen and oxygen atoms in total. The second-order valence-corrected chi connectivity index (χ2v) is 5.95. The van der Waals surface area contributed by atoms with Gasteiger partial charge >= 0.3 is 0 Å². The van der Waals surface area contributed by atoms with Gasteiger partial charge in [-0.1, -0.05) is 58.9 Å². The van der Waals surface area contributed by atoms with Crippen LogP contribution in [0.4, 0.5) is 0 Å². The van der Waals surface area contributed by atoms with Crippen molar-refractivity contribution in [2.45, 2.75) is 53.0 Å². The van der Waals surface area contributed by atoms with Crippen molar-refractivity contribution in [3.63, 3.8) is 0 Å². The van der Waals surface area contributed by atoms with Gasteiger partial charge in [0.1, 0.15) is 0 Å². The number of rotatable bonds is 5. The minimum Gasteiger partial charge on any atom is -0.327 e. The first-order chi connectivity index (χ1) is 7.91. The molecule has 0 aliphatic heterocycles. The molecule has 0 saturated carbocycles. The maximum absolute atomic E-state index is 6.21. The molecule has 0 aliphatic carbocycles. The fraction of sp³-hybridized carbons (Fsp3) is 0.625. The number of hydrogen-bond acceptors (Lipinski definition) is 1. The zero-order valence-corrected chi connectivity index (χ0v) is 11.9. The van der Waals surface area contributed by atoms with Crippen molar-refractivity contribution in [3.05, 3.63) is 35.4 Å². The van der Waals surface area contributed by atoms with Crippen LogP contribution in [-0.2, 0) is 6.42 Å². The normalized spacial score (nSPS) is 15.3. The SMILES string of the molecule is CC(C)Cc1ccc(C(C)C(N)C(C)C)cc1.